The molecule has 0 fully saturated rings. The number of rotatable bonds is 6. The Morgan fingerprint density at radius 2 is 1.84 bits per heavy atom. The molecule has 0 amide bonds. The van der Waals surface area contributed by atoms with Crippen LogP contribution in [-0.4, -0.2) is 21.8 Å². The van der Waals surface area contributed by atoms with Crippen LogP contribution >= 0.6 is 0 Å². The first-order valence-corrected chi connectivity index (χ1v) is 6.26. The van der Waals surface area contributed by atoms with Crippen LogP contribution in [0.15, 0.2) is 42.6 Å². The van der Waals surface area contributed by atoms with E-state index in [1.807, 2.05) is 24.3 Å². The van der Waals surface area contributed by atoms with Crippen LogP contribution in [0.2, 0.25) is 0 Å². The first-order valence-electron chi connectivity index (χ1n) is 6.26. The van der Waals surface area contributed by atoms with Crippen molar-refractivity contribution in [1.82, 2.24) is 4.98 Å². The third-order valence-electron chi connectivity index (χ3n) is 2.78. The summed E-state index contributed by atoms with van der Waals surface area (Å²) in [5, 5.41) is 18.0. The molecule has 1 aromatic heterocycles. The van der Waals surface area contributed by atoms with Crippen LogP contribution in [0.25, 0.3) is 0 Å². The molecule has 0 atom stereocenters. The van der Waals surface area contributed by atoms with Crippen molar-refractivity contribution in [2.45, 2.75) is 19.4 Å². The topological polar surface area (TPSA) is 62.6 Å². The first kappa shape index (κ1) is 13.5. The predicted octanol–water partition coefficient (Wildman–Crippen LogP) is 2.29. The molecule has 0 spiro atoms. The van der Waals surface area contributed by atoms with Gasteiger partial charge in [-0.25, -0.2) is 4.98 Å². The number of aromatic nitrogens is 1. The van der Waals surface area contributed by atoms with Crippen LogP contribution < -0.4 is 4.74 Å². The maximum Gasteiger partial charge on any atom is 0.224 e. The van der Waals surface area contributed by atoms with Crippen LogP contribution in [-0.2, 0) is 13.0 Å². The highest BCUT2D eigenvalue weighted by Gasteiger charge is 2.04. The summed E-state index contributed by atoms with van der Waals surface area (Å²) in [5.74, 6) is 1.11. The third kappa shape index (κ3) is 3.77. The van der Waals surface area contributed by atoms with Gasteiger partial charge in [-0.3, -0.25) is 0 Å². The van der Waals surface area contributed by atoms with Crippen LogP contribution in [0.3, 0.4) is 0 Å². The number of aliphatic hydroxyl groups is 2. The van der Waals surface area contributed by atoms with E-state index in [0.717, 1.165) is 18.4 Å². The van der Waals surface area contributed by atoms with Crippen molar-refractivity contribution in [2.75, 3.05) is 6.61 Å². The van der Waals surface area contributed by atoms with E-state index < -0.39 is 0 Å². The molecule has 0 unspecified atom stereocenters. The Bertz CT molecular complexity index is 511. The smallest absolute Gasteiger partial charge is 0.224 e. The summed E-state index contributed by atoms with van der Waals surface area (Å²) in [6, 6.07) is 11.2. The van der Waals surface area contributed by atoms with Crippen LogP contribution in [0.4, 0.5) is 0 Å². The van der Waals surface area contributed by atoms with Gasteiger partial charge in [-0.05, 0) is 42.7 Å². The molecule has 1 aromatic carbocycles. The van der Waals surface area contributed by atoms with Gasteiger partial charge >= 0.3 is 0 Å². The quantitative estimate of drug-likeness (QED) is 0.835. The number of aryl methyl sites for hydroxylation is 1. The lowest BCUT2D eigenvalue weighted by molar-refractivity contribution is 0.275. The largest absolute Gasteiger partial charge is 0.439 e. The van der Waals surface area contributed by atoms with Crippen LogP contribution in [0, 0.1) is 0 Å². The van der Waals surface area contributed by atoms with Crippen molar-refractivity contribution in [3.8, 4) is 11.6 Å². The van der Waals surface area contributed by atoms with Crippen LogP contribution in [0.1, 0.15) is 17.5 Å². The molecular weight excluding hydrogens is 242 g/mol. The maximum absolute atomic E-state index is 9.19. The molecule has 0 radical (unpaired) electrons. The Morgan fingerprint density at radius 1 is 1.05 bits per heavy atom. The summed E-state index contributed by atoms with van der Waals surface area (Å²) in [6.07, 6.45) is 3.24. The summed E-state index contributed by atoms with van der Waals surface area (Å²) in [7, 11) is 0. The highest BCUT2D eigenvalue weighted by Crippen LogP contribution is 2.23. The number of hydrogen-bond acceptors (Lipinski definition) is 4. The fourth-order valence-corrected chi connectivity index (χ4v) is 1.76. The Hall–Kier alpha value is -1.91. The van der Waals surface area contributed by atoms with Gasteiger partial charge in [0.2, 0.25) is 5.88 Å². The standard InChI is InChI=1S/C15H17NO3/c17-10-2-3-12-5-7-14(8-6-12)19-15-13(11-18)4-1-9-16-15/h1,4-9,17-18H,2-3,10-11H2. The summed E-state index contributed by atoms with van der Waals surface area (Å²) < 4.78 is 5.64. The van der Waals surface area contributed by atoms with E-state index in [-0.39, 0.29) is 13.2 Å². The SMILES string of the molecule is OCCCc1ccc(Oc2ncccc2CO)cc1. The zero-order valence-corrected chi connectivity index (χ0v) is 10.6. The molecule has 4 heteroatoms. The van der Waals surface area contributed by atoms with Gasteiger partial charge in [-0.15, -0.1) is 0 Å². The van der Waals surface area contributed by atoms with E-state index in [2.05, 4.69) is 4.98 Å². The fraction of sp³-hybridized carbons (Fsp3) is 0.267. The number of pyridine rings is 1. The van der Waals surface area contributed by atoms with E-state index in [0.29, 0.717) is 17.2 Å². The minimum atomic E-state index is -0.0994. The number of hydrogen-bond donors (Lipinski definition) is 2. The van der Waals surface area contributed by atoms with E-state index >= 15 is 0 Å². The van der Waals surface area contributed by atoms with E-state index in [1.54, 1.807) is 18.3 Å². The Kier molecular flexibility index (Phi) is 4.89. The molecule has 0 bridgehead atoms. The summed E-state index contributed by atoms with van der Waals surface area (Å²) >= 11 is 0. The molecule has 0 saturated heterocycles. The lowest BCUT2D eigenvalue weighted by Gasteiger charge is -2.08. The van der Waals surface area contributed by atoms with Gasteiger partial charge in [-0.1, -0.05) is 12.1 Å². The Labute approximate surface area is 112 Å². The second-order valence-corrected chi connectivity index (χ2v) is 4.20. The van der Waals surface area contributed by atoms with Crippen molar-refractivity contribution >= 4 is 0 Å². The highest BCUT2D eigenvalue weighted by atomic mass is 16.5. The minimum Gasteiger partial charge on any atom is -0.439 e. The van der Waals surface area contributed by atoms with Gasteiger partial charge in [0, 0.05) is 18.4 Å². The van der Waals surface area contributed by atoms with Crippen molar-refractivity contribution in [3.63, 3.8) is 0 Å². The van der Waals surface area contributed by atoms with E-state index in [1.165, 1.54) is 0 Å². The molecule has 2 aromatic rings. The zero-order valence-electron chi connectivity index (χ0n) is 10.6. The van der Waals surface area contributed by atoms with Crippen molar-refractivity contribution < 1.29 is 14.9 Å². The molecule has 0 aliphatic rings. The van der Waals surface area contributed by atoms with Gasteiger partial charge in [0.25, 0.3) is 0 Å². The van der Waals surface area contributed by atoms with Gasteiger partial charge in [0.15, 0.2) is 0 Å². The highest BCUT2D eigenvalue weighted by molar-refractivity contribution is 5.33. The average Bonchev–Trinajstić information content (AvgIpc) is 2.47. The minimum absolute atomic E-state index is 0.0994. The third-order valence-corrected chi connectivity index (χ3v) is 2.78. The molecule has 0 saturated carbocycles. The second kappa shape index (κ2) is 6.87. The molecule has 2 rings (SSSR count). The number of benzene rings is 1. The van der Waals surface area contributed by atoms with Crippen molar-refractivity contribution in [2.24, 2.45) is 0 Å². The lowest BCUT2D eigenvalue weighted by Crippen LogP contribution is -1.94. The normalized spacial score (nSPS) is 10.4. The Morgan fingerprint density at radius 3 is 2.53 bits per heavy atom. The monoisotopic (exact) mass is 259 g/mol. The Balaban J connectivity index is 2.06. The molecule has 0 aliphatic carbocycles. The lowest BCUT2D eigenvalue weighted by atomic mass is 10.1. The summed E-state index contributed by atoms with van der Waals surface area (Å²) in [5.41, 5.74) is 1.82. The average molecular weight is 259 g/mol. The van der Waals surface area contributed by atoms with E-state index in [9.17, 15) is 5.11 Å². The van der Waals surface area contributed by atoms with Gasteiger partial charge in [0.05, 0.1) is 6.61 Å². The predicted molar refractivity (Wildman–Crippen MR) is 72.1 cm³/mol. The summed E-state index contributed by atoms with van der Waals surface area (Å²) in [4.78, 5) is 4.10. The number of nitrogens with zero attached hydrogens (tertiary/aromatic N) is 1. The fourth-order valence-electron chi connectivity index (χ4n) is 1.76. The van der Waals surface area contributed by atoms with Gasteiger partial charge < -0.3 is 14.9 Å². The molecular formula is C15H17NO3. The zero-order chi connectivity index (χ0) is 13.5. The van der Waals surface area contributed by atoms with Gasteiger partial charge in [0.1, 0.15) is 5.75 Å². The number of ether oxygens (including phenoxy) is 1. The van der Waals surface area contributed by atoms with E-state index in [4.69, 9.17) is 9.84 Å². The maximum atomic E-state index is 9.19. The molecule has 2 N–H and O–H groups in total. The molecule has 1 heterocycles. The first-order chi connectivity index (χ1) is 9.33. The molecule has 0 aliphatic heterocycles. The van der Waals surface area contributed by atoms with Gasteiger partial charge in [-0.2, -0.15) is 0 Å². The summed E-state index contributed by atoms with van der Waals surface area (Å²) in [6.45, 7) is 0.101. The molecule has 4 nitrogen and oxygen atoms in total. The molecule has 19 heavy (non-hydrogen) atoms. The van der Waals surface area contributed by atoms with Crippen LogP contribution in [0.5, 0.6) is 11.6 Å². The van der Waals surface area contributed by atoms with Crippen molar-refractivity contribution in [3.05, 3.63) is 53.7 Å². The molecule has 100 valence electrons. The van der Waals surface area contributed by atoms with Crippen molar-refractivity contribution in [1.29, 1.82) is 0 Å². The second-order valence-electron chi connectivity index (χ2n) is 4.20. The number of aliphatic hydroxyl groups excluding tert-OH is 2.